The summed E-state index contributed by atoms with van der Waals surface area (Å²) in [6.45, 7) is 7.43. The molecule has 1 N–H and O–H groups in total. The van der Waals surface area contributed by atoms with E-state index >= 15 is 0 Å². The number of rotatable bonds is 1. The third-order valence-corrected chi connectivity index (χ3v) is 3.51. The van der Waals surface area contributed by atoms with Crippen LogP contribution in [0.1, 0.15) is 27.7 Å². The molecule has 6 nitrogen and oxygen atoms in total. The van der Waals surface area contributed by atoms with Crippen LogP contribution in [0.5, 0.6) is 0 Å². The van der Waals surface area contributed by atoms with Crippen LogP contribution < -0.4 is 0 Å². The van der Waals surface area contributed by atoms with E-state index in [0.29, 0.717) is 6.61 Å². The second-order valence-corrected chi connectivity index (χ2v) is 5.96. The first-order valence-electron chi connectivity index (χ1n) is 6.25. The van der Waals surface area contributed by atoms with Crippen LogP contribution >= 0.6 is 0 Å². The summed E-state index contributed by atoms with van der Waals surface area (Å²) >= 11 is 0. The molecular weight excluding hydrogens is 240 g/mol. The van der Waals surface area contributed by atoms with Crippen molar-refractivity contribution >= 4 is 0 Å². The Morgan fingerprint density at radius 3 is 2.44 bits per heavy atom. The molecule has 0 aromatic carbocycles. The Morgan fingerprint density at radius 1 is 1.06 bits per heavy atom. The van der Waals surface area contributed by atoms with E-state index in [1.165, 1.54) is 0 Å². The fourth-order valence-electron chi connectivity index (χ4n) is 2.89. The molecule has 0 radical (unpaired) electrons. The molecule has 4 atom stereocenters. The zero-order chi connectivity index (χ0) is 13.2. The van der Waals surface area contributed by atoms with E-state index in [9.17, 15) is 5.11 Å². The summed E-state index contributed by atoms with van der Waals surface area (Å²) < 4.78 is 28.8. The second kappa shape index (κ2) is 3.65. The van der Waals surface area contributed by atoms with Crippen LogP contribution in [-0.2, 0) is 23.7 Å². The average Bonchev–Trinajstić information content (AvgIpc) is 2.66. The Kier molecular flexibility index (Phi) is 2.59. The lowest BCUT2D eigenvalue weighted by Gasteiger charge is -2.38. The summed E-state index contributed by atoms with van der Waals surface area (Å²) in [7, 11) is 0. The van der Waals surface area contributed by atoms with Gasteiger partial charge in [0.15, 0.2) is 11.6 Å². The van der Waals surface area contributed by atoms with Crippen LogP contribution in [0.15, 0.2) is 0 Å². The number of aliphatic hydroxyl groups excluding tert-OH is 1. The molecule has 6 heteroatoms. The highest BCUT2D eigenvalue weighted by Gasteiger charge is 2.67. The maximum atomic E-state index is 9.61. The summed E-state index contributed by atoms with van der Waals surface area (Å²) in [5.41, 5.74) is 0. The van der Waals surface area contributed by atoms with Crippen molar-refractivity contribution in [3.63, 3.8) is 0 Å². The third kappa shape index (κ3) is 1.79. The number of fused-ring (bicyclic) bond motifs is 3. The molecule has 3 fully saturated rings. The highest BCUT2D eigenvalue weighted by molar-refractivity contribution is 5.04. The van der Waals surface area contributed by atoms with E-state index < -0.39 is 23.5 Å². The van der Waals surface area contributed by atoms with Crippen LogP contribution in [0.25, 0.3) is 0 Å². The molecule has 3 aliphatic rings. The molecule has 3 saturated heterocycles. The van der Waals surface area contributed by atoms with Crippen molar-refractivity contribution in [2.75, 3.05) is 13.2 Å². The zero-order valence-electron chi connectivity index (χ0n) is 11.1. The van der Waals surface area contributed by atoms with Crippen molar-refractivity contribution in [2.45, 2.75) is 63.4 Å². The minimum Gasteiger partial charge on any atom is -0.391 e. The largest absolute Gasteiger partial charge is 0.391 e. The Hall–Kier alpha value is -0.240. The van der Waals surface area contributed by atoms with E-state index in [1.54, 1.807) is 13.8 Å². The zero-order valence-corrected chi connectivity index (χ0v) is 11.1. The van der Waals surface area contributed by atoms with Gasteiger partial charge in [-0.25, -0.2) is 0 Å². The van der Waals surface area contributed by atoms with Crippen molar-refractivity contribution in [1.29, 1.82) is 0 Å². The van der Waals surface area contributed by atoms with Gasteiger partial charge in [-0.2, -0.15) is 0 Å². The molecule has 0 spiro atoms. The van der Waals surface area contributed by atoms with Crippen molar-refractivity contribution in [2.24, 2.45) is 0 Å². The smallest absolute Gasteiger partial charge is 0.224 e. The first-order chi connectivity index (χ1) is 8.27. The molecule has 0 aliphatic carbocycles. The highest BCUT2D eigenvalue weighted by atomic mass is 16.9. The van der Waals surface area contributed by atoms with Gasteiger partial charge in [-0.3, -0.25) is 0 Å². The average molecular weight is 260 g/mol. The van der Waals surface area contributed by atoms with E-state index in [1.807, 2.05) is 13.8 Å². The summed E-state index contributed by atoms with van der Waals surface area (Å²) in [5, 5.41) is 9.61. The van der Waals surface area contributed by atoms with Gasteiger partial charge in [0.1, 0.15) is 24.9 Å². The Labute approximate surface area is 106 Å². The van der Waals surface area contributed by atoms with Crippen molar-refractivity contribution in [3.05, 3.63) is 0 Å². The molecule has 104 valence electrons. The van der Waals surface area contributed by atoms with E-state index in [2.05, 4.69) is 0 Å². The molecule has 0 aromatic rings. The standard InChI is InChI=1S/C12H20O6/c1-10(2)14-5-7-8(16-10)9-12(6-13,15-7)18-11(3,4)17-9/h7-9,13H,5-6H2,1-4H3/t7-,8+,9-,12?/m1/s1. The third-order valence-electron chi connectivity index (χ3n) is 3.51. The van der Waals surface area contributed by atoms with Gasteiger partial charge in [0, 0.05) is 0 Å². The molecule has 0 aromatic heterocycles. The molecule has 0 bridgehead atoms. The van der Waals surface area contributed by atoms with Crippen molar-refractivity contribution < 1.29 is 28.8 Å². The van der Waals surface area contributed by atoms with E-state index in [4.69, 9.17) is 23.7 Å². The van der Waals surface area contributed by atoms with E-state index in [-0.39, 0.29) is 18.8 Å². The lowest BCUT2D eigenvalue weighted by atomic mass is 10.0. The van der Waals surface area contributed by atoms with Gasteiger partial charge in [0.05, 0.1) is 6.61 Å². The normalized spacial score (nSPS) is 48.8. The summed E-state index contributed by atoms with van der Waals surface area (Å²) in [6.07, 6.45) is -1.00. The molecule has 3 aliphatic heterocycles. The summed E-state index contributed by atoms with van der Waals surface area (Å²) in [6, 6.07) is 0. The molecule has 3 rings (SSSR count). The minimum atomic E-state index is -1.14. The summed E-state index contributed by atoms with van der Waals surface area (Å²) in [4.78, 5) is 0. The monoisotopic (exact) mass is 260 g/mol. The minimum absolute atomic E-state index is 0.266. The Bertz CT molecular complexity index is 354. The quantitative estimate of drug-likeness (QED) is 0.735. The van der Waals surface area contributed by atoms with Crippen molar-refractivity contribution in [3.8, 4) is 0 Å². The van der Waals surface area contributed by atoms with Crippen molar-refractivity contribution in [1.82, 2.24) is 0 Å². The lowest BCUT2D eigenvalue weighted by Crippen LogP contribution is -2.51. The first-order valence-corrected chi connectivity index (χ1v) is 6.25. The van der Waals surface area contributed by atoms with Gasteiger partial charge >= 0.3 is 0 Å². The topological polar surface area (TPSA) is 66.4 Å². The maximum Gasteiger partial charge on any atom is 0.224 e. The van der Waals surface area contributed by atoms with Gasteiger partial charge in [0.25, 0.3) is 0 Å². The lowest BCUT2D eigenvalue weighted by molar-refractivity contribution is -0.330. The van der Waals surface area contributed by atoms with Crippen LogP contribution in [0.4, 0.5) is 0 Å². The van der Waals surface area contributed by atoms with Crippen LogP contribution in [-0.4, -0.2) is 54.0 Å². The molecule has 0 saturated carbocycles. The highest BCUT2D eigenvalue weighted by Crippen LogP contribution is 2.48. The first kappa shape index (κ1) is 12.8. The summed E-state index contributed by atoms with van der Waals surface area (Å²) in [5.74, 6) is -2.60. The Morgan fingerprint density at radius 2 is 1.78 bits per heavy atom. The molecule has 3 heterocycles. The number of aliphatic hydroxyl groups is 1. The van der Waals surface area contributed by atoms with Gasteiger partial charge in [-0.1, -0.05) is 0 Å². The van der Waals surface area contributed by atoms with Crippen LogP contribution in [0.2, 0.25) is 0 Å². The van der Waals surface area contributed by atoms with Gasteiger partial charge in [-0.05, 0) is 27.7 Å². The second-order valence-electron chi connectivity index (χ2n) is 5.96. The SMILES string of the molecule is CC1(C)OC[C@H]2OC3(CO)OC(C)(C)O[C@@H]3[C@H]2O1. The van der Waals surface area contributed by atoms with Crippen LogP contribution in [0, 0.1) is 0 Å². The maximum absolute atomic E-state index is 9.61. The fraction of sp³-hybridized carbons (Fsp3) is 1.00. The van der Waals surface area contributed by atoms with Gasteiger partial charge in [0.2, 0.25) is 5.79 Å². The van der Waals surface area contributed by atoms with E-state index in [0.717, 1.165) is 0 Å². The molecular formula is C12H20O6. The number of ether oxygens (including phenoxy) is 5. The van der Waals surface area contributed by atoms with Gasteiger partial charge in [-0.15, -0.1) is 0 Å². The predicted octanol–water partition coefficient (Wildman–Crippen LogP) is 0.377. The Balaban J connectivity index is 1.88. The van der Waals surface area contributed by atoms with Crippen LogP contribution in [0.3, 0.4) is 0 Å². The molecule has 1 unspecified atom stereocenters. The predicted molar refractivity (Wildman–Crippen MR) is 59.6 cm³/mol. The van der Waals surface area contributed by atoms with Gasteiger partial charge < -0.3 is 28.8 Å². The number of hydrogen-bond donors (Lipinski definition) is 1. The number of hydrogen-bond acceptors (Lipinski definition) is 6. The molecule has 18 heavy (non-hydrogen) atoms. The molecule has 0 amide bonds. The fourth-order valence-corrected chi connectivity index (χ4v) is 2.89.